The fourth-order valence-corrected chi connectivity index (χ4v) is 5.13. The van der Waals surface area contributed by atoms with Gasteiger partial charge in [-0.2, -0.15) is 0 Å². The zero-order chi connectivity index (χ0) is 29.1. The van der Waals surface area contributed by atoms with E-state index in [9.17, 15) is 0 Å². The lowest BCUT2D eigenvalue weighted by molar-refractivity contribution is 0.607. The van der Waals surface area contributed by atoms with E-state index < -0.39 is 0 Å². The second-order valence-corrected chi connectivity index (χ2v) is 10.9. The quantitative estimate of drug-likeness (QED) is 0.201. The Morgan fingerprint density at radius 3 is 1.86 bits per heavy atom. The zero-order valence-corrected chi connectivity index (χ0v) is 24.1. The summed E-state index contributed by atoms with van der Waals surface area (Å²) in [6.07, 6.45) is 4.93. The fraction of sp³-hybridized carbons (Fsp3) is 0.128. The van der Waals surface area contributed by atoms with E-state index in [1.807, 2.05) is 13.0 Å². The molecule has 0 atom stereocenters. The lowest BCUT2D eigenvalue weighted by Crippen LogP contribution is -1.98. The SMILES string of the molecule is Cc1ccc(-c2cnc(C#Cc3cc(F)c(CCc4ccc5cc(-c6ccc(C)cc6)ccc5c4)cc3C)nc2)cc1. The van der Waals surface area contributed by atoms with E-state index in [-0.39, 0.29) is 5.82 Å². The van der Waals surface area contributed by atoms with Gasteiger partial charge in [0.15, 0.2) is 0 Å². The van der Waals surface area contributed by atoms with Crippen LogP contribution in [0.5, 0.6) is 0 Å². The highest BCUT2D eigenvalue weighted by molar-refractivity contribution is 5.88. The molecule has 0 saturated carbocycles. The maximum atomic E-state index is 15.1. The first-order valence-electron chi connectivity index (χ1n) is 14.2. The Labute approximate surface area is 247 Å². The molecule has 0 fully saturated rings. The lowest BCUT2D eigenvalue weighted by atomic mass is 9.96. The molecule has 6 aromatic rings. The third kappa shape index (κ3) is 6.14. The van der Waals surface area contributed by atoms with Crippen LogP contribution in [0.4, 0.5) is 4.39 Å². The second kappa shape index (κ2) is 11.8. The number of benzene rings is 5. The summed E-state index contributed by atoms with van der Waals surface area (Å²) in [7, 11) is 0. The summed E-state index contributed by atoms with van der Waals surface area (Å²) in [5.74, 6) is 6.23. The van der Waals surface area contributed by atoms with E-state index in [1.54, 1.807) is 12.4 Å². The molecule has 204 valence electrons. The van der Waals surface area contributed by atoms with Gasteiger partial charge < -0.3 is 0 Å². The van der Waals surface area contributed by atoms with Crippen molar-refractivity contribution < 1.29 is 4.39 Å². The molecule has 3 heteroatoms. The Morgan fingerprint density at radius 1 is 0.571 bits per heavy atom. The van der Waals surface area contributed by atoms with Crippen molar-refractivity contribution in [2.45, 2.75) is 33.6 Å². The molecular formula is C39H31FN2. The Kier molecular flexibility index (Phi) is 7.62. The van der Waals surface area contributed by atoms with Gasteiger partial charge in [-0.3, -0.25) is 0 Å². The van der Waals surface area contributed by atoms with Crippen LogP contribution in [0.25, 0.3) is 33.0 Å². The van der Waals surface area contributed by atoms with Gasteiger partial charge in [-0.1, -0.05) is 102 Å². The summed E-state index contributed by atoms with van der Waals surface area (Å²) in [4.78, 5) is 8.78. The van der Waals surface area contributed by atoms with Crippen LogP contribution in [-0.2, 0) is 12.8 Å². The summed E-state index contributed by atoms with van der Waals surface area (Å²) in [5.41, 5.74) is 10.4. The van der Waals surface area contributed by atoms with Crippen LogP contribution in [0, 0.1) is 38.4 Å². The van der Waals surface area contributed by atoms with E-state index in [1.165, 1.54) is 44.7 Å². The van der Waals surface area contributed by atoms with Gasteiger partial charge in [0.1, 0.15) is 5.82 Å². The molecule has 1 aromatic heterocycles. The molecule has 6 rings (SSSR count). The van der Waals surface area contributed by atoms with Crippen molar-refractivity contribution in [3.63, 3.8) is 0 Å². The van der Waals surface area contributed by atoms with Crippen molar-refractivity contribution in [3.8, 4) is 34.1 Å². The summed E-state index contributed by atoms with van der Waals surface area (Å²) >= 11 is 0. The van der Waals surface area contributed by atoms with Crippen molar-refractivity contribution in [2.75, 3.05) is 0 Å². The number of hydrogen-bond acceptors (Lipinski definition) is 2. The number of nitrogens with zero attached hydrogens (tertiary/aromatic N) is 2. The first kappa shape index (κ1) is 27.1. The maximum Gasteiger partial charge on any atom is 0.205 e. The predicted octanol–water partition coefficient (Wildman–Crippen LogP) is 9.21. The lowest BCUT2D eigenvalue weighted by Gasteiger charge is -2.09. The Bertz CT molecular complexity index is 1940. The smallest absolute Gasteiger partial charge is 0.205 e. The van der Waals surface area contributed by atoms with Gasteiger partial charge in [-0.25, -0.2) is 14.4 Å². The van der Waals surface area contributed by atoms with Gasteiger partial charge in [0.25, 0.3) is 0 Å². The predicted molar refractivity (Wildman–Crippen MR) is 171 cm³/mol. The highest BCUT2D eigenvalue weighted by Gasteiger charge is 2.08. The van der Waals surface area contributed by atoms with E-state index in [4.69, 9.17) is 0 Å². The standard InChI is InChI=1S/C39H31FN2/c1-26-4-10-30(11-5-26)34-17-16-33-21-29(8-14-35(33)22-34)9-15-36-20-28(3)32(23-38(36)40)18-19-39-41-24-37(25-42-39)31-12-6-27(2)7-13-31/h4-8,10-14,16-17,20-25H,9,15H2,1-3H3. The van der Waals surface area contributed by atoms with Gasteiger partial charge >= 0.3 is 0 Å². The van der Waals surface area contributed by atoms with Crippen molar-refractivity contribution in [1.82, 2.24) is 9.97 Å². The van der Waals surface area contributed by atoms with Gasteiger partial charge in [0.05, 0.1) is 0 Å². The normalized spacial score (nSPS) is 10.9. The van der Waals surface area contributed by atoms with E-state index in [0.717, 1.165) is 23.1 Å². The van der Waals surface area contributed by atoms with E-state index in [2.05, 4.69) is 121 Å². The molecule has 2 nitrogen and oxygen atoms in total. The Hall–Kier alpha value is -5.07. The van der Waals surface area contributed by atoms with Gasteiger partial charge in [-0.15, -0.1) is 0 Å². The molecule has 0 aliphatic carbocycles. The van der Waals surface area contributed by atoms with Crippen LogP contribution in [-0.4, -0.2) is 9.97 Å². The van der Waals surface area contributed by atoms with Crippen molar-refractivity contribution in [1.29, 1.82) is 0 Å². The third-order valence-electron chi connectivity index (χ3n) is 7.71. The zero-order valence-electron chi connectivity index (χ0n) is 24.1. The summed E-state index contributed by atoms with van der Waals surface area (Å²) in [5, 5.41) is 2.40. The van der Waals surface area contributed by atoms with Crippen LogP contribution in [0.15, 0.2) is 109 Å². The number of rotatable bonds is 5. The molecule has 0 amide bonds. The number of aryl methyl sites for hydroxylation is 5. The first-order chi connectivity index (χ1) is 20.4. The van der Waals surface area contributed by atoms with Gasteiger partial charge in [0.2, 0.25) is 5.82 Å². The van der Waals surface area contributed by atoms with Crippen LogP contribution in [0.1, 0.15) is 39.2 Å². The average Bonchev–Trinajstić information content (AvgIpc) is 3.01. The molecule has 5 aromatic carbocycles. The highest BCUT2D eigenvalue weighted by Crippen LogP contribution is 2.26. The minimum atomic E-state index is -0.232. The molecule has 0 aliphatic heterocycles. The molecule has 42 heavy (non-hydrogen) atoms. The maximum absolute atomic E-state index is 15.1. The fourth-order valence-electron chi connectivity index (χ4n) is 5.13. The highest BCUT2D eigenvalue weighted by atomic mass is 19.1. The first-order valence-corrected chi connectivity index (χ1v) is 14.2. The largest absolute Gasteiger partial charge is 0.229 e. The van der Waals surface area contributed by atoms with Crippen molar-refractivity contribution >= 4 is 10.8 Å². The van der Waals surface area contributed by atoms with Crippen LogP contribution in [0.2, 0.25) is 0 Å². The minimum absolute atomic E-state index is 0.232. The average molecular weight is 547 g/mol. The number of aromatic nitrogens is 2. The Morgan fingerprint density at radius 2 is 1.17 bits per heavy atom. The molecule has 0 radical (unpaired) electrons. The Balaban J connectivity index is 1.13. The van der Waals surface area contributed by atoms with E-state index in [0.29, 0.717) is 23.4 Å². The number of hydrogen-bond donors (Lipinski definition) is 0. The molecule has 0 bridgehead atoms. The minimum Gasteiger partial charge on any atom is -0.229 e. The number of fused-ring (bicyclic) bond motifs is 1. The molecule has 0 aliphatic rings. The molecule has 0 spiro atoms. The van der Waals surface area contributed by atoms with Crippen LogP contribution >= 0.6 is 0 Å². The molecule has 1 heterocycles. The van der Waals surface area contributed by atoms with Crippen molar-refractivity contribution in [2.24, 2.45) is 0 Å². The number of halogens is 1. The van der Waals surface area contributed by atoms with Crippen LogP contribution < -0.4 is 0 Å². The second-order valence-electron chi connectivity index (χ2n) is 10.9. The van der Waals surface area contributed by atoms with Gasteiger partial charge in [-0.05, 0) is 95.8 Å². The van der Waals surface area contributed by atoms with E-state index >= 15 is 4.39 Å². The molecule has 0 saturated heterocycles. The molecular weight excluding hydrogens is 515 g/mol. The topological polar surface area (TPSA) is 25.8 Å². The van der Waals surface area contributed by atoms with Crippen LogP contribution in [0.3, 0.4) is 0 Å². The van der Waals surface area contributed by atoms with Gasteiger partial charge in [0, 0.05) is 23.5 Å². The summed E-state index contributed by atoms with van der Waals surface area (Å²) < 4.78 is 15.1. The van der Waals surface area contributed by atoms with Crippen molar-refractivity contribution in [3.05, 3.63) is 154 Å². The summed E-state index contributed by atoms with van der Waals surface area (Å²) in [6, 6.07) is 33.4. The molecule has 0 unspecified atom stereocenters. The molecule has 0 N–H and O–H groups in total. The third-order valence-corrected chi connectivity index (χ3v) is 7.71. The monoisotopic (exact) mass is 546 g/mol. The summed E-state index contributed by atoms with van der Waals surface area (Å²) in [6.45, 7) is 6.13.